The van der Waals surface area contributed by atoms with Gasteiger partial charge in [-0.05, 0) is 25.3 Å². The molecule has 0 saturated carbocycles. The smallest absolute Gasteiger partial charge is 0.104 e. The molecule has 1 aromatic rings. The molecule has 2 heteroatoms. The molecule has 0 saturated heterocycles. The van der Waals surface area contributed by atoms with Crippen molar-refractivity contribution < 1.29 is 9.96 Å². The van der Waals surface area contributed by atoms with Crippen molar-refractivity contribution in [3.63, 3.8) is 0 Å². The van der Waals surface area contributed by atoms with Crippen molar-refractivity contribution in [3.8, 4) is 0 Å². The van der Waals surface area contributed by atoms with Crippen molar-refractivity contribution in [2.75, 3.05) is 20.6 Å². The zero-order valence-electron chi connectivity index (χ0n) is 16.7. The molecule has 1 rings (SSSR count). The zero-order chi connectivity index (χ0) is 17.0. The molecule has 0 fully saturated rings. The van der Waals surface area contributed by atoms with Gasteiger partial charge in [0, 0.05) is 5.56 Å². The maximum Gasteiger partial charge on any atom is 0.104 e. The third-order valence-corrected chi connectivity index (χ3v) is 4.98. The molecule has 24 heavy (non-hydrogen) atoms. The average molecular weight is 336 g/mol. The molecule has 0 aliphatic heterocycles. The Labute approximate surface area is 151 Å². The van der Waals surface area contributed by atoms with Crippen LogP contribution in [0, 0.1) is 6.92 Å². The summed E-state index contributed by atoms with van der Waals surface area (Å²) in [5.74, 6) is 0. The molecular weight excluding hydrogens is 294 g/mol. The first-order valence-electron chi connectivity index (χ1n) is 9.91. The van der Waals surface area contributed by atoms with Crippen LogP contribution in [0.4, 0.5) is 0 Å². The monoisotopic (exact) mass is 335 g/mol. The Kier molecular flexibility index (Phi) is 13.0. The molecule has 2 nitrogen and oxygen atoms in total. The van der Waals surface area contributed by atoms with Crippen LogP contribution in [-0.2, 0) is 6.54 Å². The largest absolute Gasteiger partial charge is 0.870 e. The highest BCUT2D eigenvalue weighted by molar-refractivity contribution is 5.24. The molecular formula is C22H41NO. The summed E-state index contributed by atoms with van der Waals surface area (Å²) in [6.45, 7) is 6.98. The summed E-state index contributed by atoms with van der Waals surface area (Å²) in [6, 6.07) is 8.83. The minimum absolute atomic E-state index is 0. The number of nitrogens with zero attached hydrogens (tertiary/aromatic N) is 1. The Bertz CT molecular complexity index is 414. The van der Waals surface area contributed by atoms with Crippen LogP contribution in [0.5, 0.6) is 0 Å². The Balaban J connectivity index is 0.00000529. The first-order valence-corrected chi connectivity index (χ1v) is 9.91. The first-order chi connectivity index (χ1) is 11.0. The average Bonchev–Trinajstić information content (AvgIpc) is 2.51. The highest BCUT2D eigenvalue weighted by Crippen LogP contribution is 2.16. The van der Waals surface area contributed by atoms with Gasteiger partial charge in [-0.1, -0.05) is 82.6 Å². The fraction of sp³-hybridized carbons (Fsp3) is 0.727. The van der Waals surface area contributed by atoms with Crippen molar-refractivity contribution >= 4 is 0 Å². The van der Waals surface area contributed by atoms with E-state index in [0.29, 0.717) is 0 Å². The van der Waals surface area contributed by atoms with Crippen LogP contribution in [0.3, 0.4) is 0 Å². The maximum absolute atomic E-state index is 2.38. The lowest BCUT2D eigenvalue weighted by Crippen LogP contribution is -2.39. The van der Waals surface area contributed by atoms with Gasteiger partial charge in [0.15, 0.2) is 0 Å². The van der Waals surface area contributed by atoms with Crippen LogP contribution >= 0.6 is 0 Å². The second-order valence-corrected chi connectivity index (χ2v) is 7.93. The van der Waals surface area contributed by atoms with Crippen LogP contribution in [0.1, 0.15) is 82.3 Å². The molecule has 140 valence electrons. The number of hydrogen-bond acceptors (Lipinski definition) is 1. The van der Waals surface area contributed by atoms with Crippen molar-refractivity contribution in [2.45, 2.75) is 84.6 Å². The highest BCUT2D eigenvalue weighted by atomic mass is 16.0. The van der Waals surface area contributed by atoms with E-state index in [1.807, 2.05) is 0 Å². The Morgan fingerprint density at radius 1 is 0.750 bits per heavy atom. The Morgan fingerprint density at radius 2 is 1.25 bits per heavy atom. The summed E-state index contributed by atoms with van der Waals surface area (Å²) in [5, 5.41) is 0. The predicted molar refractivity (Wildman–Crippen MR) is 106 cm³/mol. The second-order valence-electron chi connectivity index (χ2n) is 7.93. The molecule has 0 aliphatic carbocycles. The Morgan fingerprint density at radius 3 is 1.79 bits per heavy atom. The number of aryl methyl sites for hydroxylation is 1. The van der Waals surface area contributed by atoms with Gasteiger partial charge in [0.1, 0.15) is 6.54 Å². The molecule has 0 atom stereocenters. The molecule has 0 aromatic heterocycles. The summed E-state index contributed by atoms with van der Waals surface area (Å²) in [7, 11) is 4.75. The van der Waals surface area contributed by atoms with E-state index in [4.69, 9.17) is 0 Å². The third-order valence-electron chi connectivity index (χ3n) is 4.98. The van der Waals surface area contributed by atoms with E-state index in [1.165, 1.54) is 81.9 Å². The van der Waals surface area contributed by atoms with Gasteiger partial charge in [-0.25, -0.2) is 0 Å². The molecule has 0 unspecified atom stereocenters. The standard InChI is InChI=1S/C22H40N.H2O/c1-5-6-7-8-9-10-11-12-13-16-19-23(3,4)20-22-18-15-14-17-21(22)2;/h14-15,17-18H,5-13,16,19-20H2,1-4H3;1H2/q+1;/p-1. The number of quaternary nitrogens is 1. The second kappa shape index (κ2) is 13.4. The van der Waals surface area contributed by atoms with Gasteiger partial charge in [-0.3, -0.25) is 0 Å². The van der Waals surface area contributed by atoms with E-state index in [1.54, 1.807) is 0 Å². The van der Waals surface area contributed by atoms with Crippen LogP contribution < -0.4 is 0 Å². The Hall–Kier alpha value is -0.860. The van der Waals surface area contributed by atoms with Gasteiger partial charge in [0.2, 0.25) is 0 Å². The summed E-state index contributed by atoms with van der Waals surface area (Å²) < 4.78 is 1.11. The molecule has 0 aliphatic rings. The number of hydrogen-bond donors (Lipinski definition) is 0. The fourth-order valence-electron chi connectivity index (χ4n) is 3.35. The molecule has 0 heterocycles. The van der Waals surface area contributed by atoms with Crippen molar-refractivity contribution in [1.82, 2.24) is 0 Å². The molecule has 1 N–H and O–H groups in total. The topological polar surface area (TPSA) is 30.0 Å². The highest BCUT2D eigenvalue weighted by Gasteiger charge is 2.16. The van der Waals surface area contributed by atoms with Crippen molar-refractivity contribution in [1.29, 1.82) is 0 Å². The maximum atomic E-state index is 2.38. The zero-order valence-corrected chi connectivity index (χ0v) is 16.7. The SMILES string of the molecule is CCCCCCCCCCCC[N+](C)(C)Cc1ccccc1C.[OH-]. The normalized spacial score (nSPS) is 11.3. The minimum Gasteiger partial charge on any atom is -0.870 e. The van der Waals surface area contributed by atoms with E-state index in [-0.39, 0.29) is 5.48 Å². The van der Waals surface area contributed by atoms with E-state index in [0.717, 1.165) is 11.0 Å². The van der Waals surface area contributed by atoms with Gasteiger partial charge in [-0.2, -0.15) is 0 Å². The number of benzene rings is 1. The van der Waals surface area contributed by atoms with Gasteiger partial charge in [-0.15, -0.1) is 0 Å². The van der Waals surface area contributed by atoms with E-state index >= 15 is 0 Å². The molecule has 0 spiro atoms. The molecule has 1 aromatic carbocycles. The number of unbranched alkanes of at least 4 members (excludes halogenated alkanes) is 9. The van der Waals surface area contributed by atoms with Gasteiger partial charge in [0.05, 0.1) is 20.6 Å². The first kappa shape index (κ1) is 23.1. The van der Waals surface area contributed by atoms with E-state index < -0.39 is 0 Å². The lowest BCUT2D eigenvalue weighted by Gasteiger charge is -2.30. The summed E-state index contributed by atoms with van der Waals surface area (Å²) in [5.41, 5.74) is 2.94. The number of rotatable bonds is 13. The van der Waals surface area contributed by atoms with Gasteiger partial charge in [0.25, 0.3) is 0 Å². The third kappa shape index (κ3) is 10.8. The van der Waals surface area contributed by atoms with E-state index in [9.17, 15) is 0 Å². The molecule has 0 radical (unpaired) electrons. The van der Waals surface area contributed by atoms with Crippen molar-refractivity contribution in [2.24, 2.45) is 0 Å². The van der Waals surface area contributed by atoms with Gasteiger partial charge < -0.3 is 9.96 Å². The van der Waals surface area contributed by atoms with E-state index in [2.05, 4.69) is 52.2 Å². The molecule has 0 amide bonds. The quantitative estimate of drug-likeness (QED) is 0.306. The van der Waals surface area contributed by atoms with Crippen LogP contribution in [0.15, 0.2) is 24.3 Å². The fourth-order valence-corrected chi connectivity index (χ4v) is 3.35. The van der Waals surface area contributed by atoms with Gasteiger partial charge >= 0.3 is 0 Å². The molecule has 0 bridgehead atoms. The van der Waals surface area contributed by atoms with Crippen LogP contribution in [-0.4, -0.2) is 30.6 Å². The van der Waals surface area contributed by atoms with Crippen LogP contribution in [0.2, 0.25) is 0 Å². The summed E-state index contributed by atoms with van der Waals surface area (Å²) >= 11 is 0. The lowest BCUT2D eigenvalue weighted by molar-refractivity contribution is -0.903. The van der Waals surface area contributed by atoms with Crippen molar-refractivity contribution in [3.05, 3.63) is 35.4 Å². The lowest BCUT2D eigenvalue weighted by atomic mass is 10.1. The minimum atomic E-state index is 0. The summed E-state index contributed by atoms with van der Waals surface area (Å²) in [4.78, 5) is 0. The summed E-state index contributed by atoms with van der Waals surface area (Å²) in [6.07, 6.45) is 14.2. The van der Waals surface area contributed by atoms with Crippen LogP contribution in [0.25, 0.3) is 0 Å². The predicted octanol–water partition coefficient (Wildman–Crippen LogP) is 6.32.